The number of rotatable bonds is 7. The van der Waals surface area contributed by atoms with E-state index in [0.717, 1.165) is 57.1 Å². The zero-order valence-corrected chi connectivity index (χ0v) is 15.9. The Morgan fingerprint density at radius 2 is 1.82 bits per heavy atom. The molecule has 2 aliphatic rings. The van der Waals surface area contributed by atoms with Crippen LogP contribution in [0, 0.1) is 11.7 Å². The van der Waals surface area contributed by atoms with Gasteiger partial charge in [-0.15, -0.1) is 0 Å². The van der Waals surface area contributed by atoms with Gasteiger partial charge in [-0.25, -0.2) is 14.4 Å². The van der Waals surface area contributed by atoms with Crippen molar-refractivity contribution >= 4 is 11.9 Å². The van der Waals surface area contributed by atoms with Gasteiger partial charge in [-0.2, -0.15) is 0 Å². The number of nitrogens with one attached hydrogen (secondary N) is 1. The highest BCUT2D eigenvalue weighted by atomic mass is 19.1. The monoisotopic (exact) mass is 383 g/mol. The summed E-state index contributed by atoms with van der Waals surface area (Å²) in [6.07, 6.45) is 5.36. The van der Waals surface area contributed by atoms with Crippen LogP contribution in [0.5, 0.6) is 0 Å². The molecule has 7 heteroatoms. The molecule has 1 aromatic heterocycles. The molecule has 2 atom stereocenters. The molecule has 0 bridgehead atoms. The van der Waals surface area contributed by atoms with Crippen molar-refractivity contribution in [1.82, 2.24) is 20.2 Å². The van der Waals surface area contributed by atoms with Gasteiger partial charge in [0.2, 0.25) is 11.9 Å². The van der Waals surface area contributed by atoms with Gasteiger partial charge in [0.1, 0.15) is 5.82 Å². The zero-order valence-electron chi connectivity index (χ0n) is 15.9. The Bertz CT molecular complexity index is 777. The second-order valence-electron chi connectivity index (χ2n) is 7.52. The molecule has 1 aliphatic carbocycles. The molecule has 1 saturated heterocycles. The summed E-state index contributed by atoms with van der Waals surface area (Å²) in [5.41, 5.74) is 1.06. The highest BCUT2D eigenvalue weighted by Crippen LogP contribution is 2.47. The van der Waals surface area contributed by atoms with Crippen molar-refractivity contribution in [2.24, 2.45) is 5.92 Å². The van der Waals surface area contributed by atoms with Crippen LogP contribution in [0.1, 0.15) is 24.3 Å². The summed E-state index contributed by atoms with van der Waals surface area (Å²) >= 11 is 0. The van der Waals surface area contributed by atoms with Crippen LogP contribution in [-0.4, -0.2) is 60.0 Å². The van der Waals surface area contributed by atoms with Gasteiger partial charge in [-0.3, -0.25) is 9.69 Å². The fourth-order valence-electron chi connectivity index (χ4n) is 3.83. The maximum Gasteiger partial charge on any atom is 0.225 e. The smallest absolute Gasteiger partial charge is 0.225 e. The van der Waals surface area contributed by atoms with Crippen LogP contribution in [0.15, 0.2) is 42.7 Å². The molecule has 0 spiro atoms. The van der Waals surface area contributed by atoms with E-state index in [1.165, 1.54) is 12.1 Å². The largest absolute Gasteiger partial charge is 0.356 e. The van der Waals surface area contributed by atoms with Crippen LogP contribution < -0.4 is 10.2 Å². The second-order valence-corrected chi connectivity index (χ2v) is 7.52. The van der Waals surface area contributed by atoms with Crippen molar-refractivity contribution in [3.8, 4) is 0 Å². The molecule has 1 saturated carbocycles. The van der Waals surface area contributed by atoms with Crippen molar-refractivity contribution in [2.45, 2.75) is 18.8 Å². The van der Waals surface area contributed by atoms with Gasteiger partial charge in [0.05, 0.1) is 0 Å². The molecule has 2 unspecified atom stereocenters. The Hall–Kier alpha value is -2.54. The average molecular weight is 383 g/mol. The van der Waals surface area contributed by atoms with Crippen LogP contribution >= 0.6 is 0 Å². The highest BCUT2D eigenvalue weighted by molar-refractivity contribution is 5.82. The number of benzene rings is 1. The summed E-state index contributed by atoms with van der Waals surface area (Å²) in [5, 5.41) is 3.06. The fraction of sp³-hybridized carbons (Fsp3) is 0.476. The molecule has 28 heavy (non-hydrogen) atoms. The molecule has 1 amide bonds. The molecule has 2 fully saturated rings. The van der Waals surface area contributed by atoms with Crippen molar-refractivity contribution in [1.29, 1.82) is 0 Å². The van der Waals surface area contributed by atoms with Gasteiger partial charge in [0.25, 0.3) is 0 Å². The van der Waals surface area contributed by atoms with Crippen LogP contribution in [0.2, 0.25) is 0 Å². The first kappa shape index (κ1) is 18.8. The van der Waals surface area contributed by atoms with E-state index in [1.807, 2.05) is 6.07 Å². The zero-order chi connectivity index (χ0) is 19.3. The number of hydrogen-bond donors (Lipinski definition) is 1. The minimum atomic E-state index is -0.234. The Labute approximate surface area is 164 Å². The molecular weight excluding hydrogens is 357 g/mol. The first-order valence-corrected chi connectivity index (χ1v) is 9.98. The third-order valence-electron chi connectivity index (χ3n) is 5.58. The number of hydrogen-bond acceptors (Lipinski definition) is 5. The number of halogens is 1. The highest BCUT2D eigenvalue weighted by Gasteiger charge is 2.43. The lowest BCUT2D eigenvalue weighted by Crippen LogP contribution is -2.47. The number of carbonyl (C=O) groups excluding carboxylic acids is 1. The number of anilines is 1. The number of nitrogens with zero attached hydrogens (tertiary/aromatic N) is 4. The number of aromatic nitrogens is 2. The Morgan fingerprint density at radius 1 is 1.11 bits per heavy atom. The fourth-order valence-corrected chi connectivity index (χ4v) is 3.83. The SMILES string of the molecule is O=C(NCCCN1CCN(c2ncccn2)CC1)C1CC1c1ccc(F)cc1. The van der Waals surface area contributed by atoms with Crippen LogP contribution in [0.25, 0.3) is 0 Å². The Balaban J connectivity index is 1.11. The van der Waals surface area contributed by atoms with Crippen LogP contribution in [0.3, 0.4) is 0 Å². The summed E-state index contributed by atoms with van der Waals surface area (Å²) in [4.78, 5) is 25.5. The van der Waals surface area contributed by atoms with Gasteiger partial charge in [-0.05, 0) is 49.1 Å². The van der Waals surface area contributed by atoms with Crippen LogP contribution in [0.4, 0.5) is 10.3 Å². The first-order chi connectivity index (χ1) is 13.7. The molecule has 6 nitrogen and oxygen atoms in total. The molecule has 2 heterocycles. The molecule has 0 radical (unpaired) electrons. The van der Waals surface area contributed by atoms with Gasteiger partial charge < -0.3 is 10.2 Å². The summed E-state index contributed by atoms with van der Waals surface area (Å²) in [6.45, 7) is 5.52. The van der Waals surface area contributed by atoms with E-state index in [1.54, 1.807) is 24.5 Å². The lowest BCUT2D eigenvalue weighted by molar-refractivity contribution is -0.122. The first-order valence-electron chi connectivity index (χ1n) is 9.98. The lowest BCUT2D eigenvalue weighted by atomic mass is 10.1. The third kappa shape index (κ3) is 4.65. The standard InChI is InChI=1S/C21H26FN5O/c22-17-5-3-16(4-6-17)18-15-19(18)20(28)23-9-2-10-26-11-13-27(14-12-26)21-24-7-1-8-25-21/h1,3-8,18-19H,2,9-15H2,(H,23,28). The van der Waals surface area contributed by atoms with E-state index >= 15 is 0 Å². The van der Waals surface area contributed by atoms with E-state index in [-0.39, 0.29) is 23.6 Å². The predicted molar refractivity (Wildman–Crippen MR) is 106 cm³/mol. The van der Waals surface area contributed by atoms with Gasteiger partial charge in [0.15, 0.2) is 0 Å². The molecule has 2 aromatic rings. The minimum absolute atomic E-state index is 0.0416. The van der Waals surface area contributed by atoms with Crippen LogP contribution in [-0.2, 0) is 4.79 Å². The quantitative estimate of drug-likeness (QED) is 0.742. The Morgan fingerprint density at radius 3 is 2.54 bits per heavy atom. The molecule has 4 rings (SSSR count). The molecular formula is C21H26FN5O. The summed E-state index contributed by atoms with van der Waals surface area (Å²) < 4.78 is 13.0. The number of piperazine rings is 1. The van der Waals surface area contributed by atoms with E-state index in [9.17, 15) is 9.18 Å². The molecule has 148 valence electrons. The summed E-state index contributed by atoms with van der Waals surface area (Å²) in [7, 11) is 0. The summed E-state index contributed by atoms with van der Waals surface area (Å²) in [5.74, 6) is 0.978. The van der Waals surface area contributed by atoms with Crippen molar-refractivity contribution in [3.05, 3.63) is 54.1 Å². The maximum atomic E-state index is 13.0. The van der Waals surface area contributed by atoms with Gasteiger partial charge >= 0.3 is 0 Å². The lowest BCUT2D eigenvalue weighted by Gasteiger charge is -2.34. The average Bonchev–Trinajstić information content (AvgIpc) is 3.54. The van der Waals surface area contributed by atoms with E-state index in [2.05, 4.69) is 25.1 Å². The second kappa shape index (κ2) is 8.65. The topological polar surface area (TPSA) is 61.4 Å². The summed E-state index contributed by atoms with van der Waals surface area (Å²) in [6, 6.07) is 8.33. The number of amides is 1. The van der Waals surface area contributed by atoms with Crippen molar-refractivity contribution < 1.29 is 9.18 Å². The third-order valence-corrected chi connectivity index (χ3v) is 5.58. The van der Waals surface area contributed by atoms with E-state index < -0.39 is 0 Å². The maximum absolute atomic E-state index is 13.0. The molecule has 1 aromatic carbocycles. The van der Waals surface area contributed by atoms with Gasteiger partial charge in [-0.1, -0.05) is 12.1 Å². The number of carbonyl (C=O) groups is 1. The van der Waals surface area contributed by atoms with Gasteiger partial charge in [0, 0.05) is 51.0 Å². The van der Waals surface area contributed by atoms with Crippen molar-refractivity contribution in [2.75, 3.05) is 44.2 Å². The molecule has 1 N–H and O–H groups in total. The van der Waals surface area contributed by atoms with E-state index in [4.69, 9.17) is 0 Å². The van der Waals surface area contributed by atoms with E-state index in [0.29, 0.717) is 6.54 Å². The minimum Gasteiger partial charge on any atom is -0.356 e. The van der Waals surface area contributed by atoms with Crippen molar-refractivity contribution in [3.63, 3.8) is 0 Å². The normalized spacial score (nSPS) is 22.1. The predicted octanol–water partition coefficient (Wildman–Crippen LogP) is 2.05. The molecule has 1 aliphatic heterocycles. The Kier molecular flexibility index (Phi) is 5.81.